The molecule has 106 valence electrons. The summed E-state index contributed by atoms with van der Waals surface area (Å²) in [6.45, 7) is 1.39. The topological polar surface area (TPSA) is 63.9 Å². The van der Waals surface area contributed by atoms with Crippen LogP contribution in [0.2, 0.25) is 5.02 Å². The van der Waals surface area contributed by atoms with Crippen LogP contribution in [-0.4, -0.2) is 23.4 Å². The van der Waals surface area contributed by atoms with Gasteiger partial charge >= 0.3 is 0 Å². The molecule has 0 radical (unpaired) electrons. The number of aromatic nitrogens is 2. The minimum Gasteiger partial charge on any atom is -0.382 e. The Hall–Kier alpha value is -1.59. The van der Waals surface area contributed by atoms with Gasteiger partial charge in [0.1, 0.15) is 5.82 Å². The lowest BCUT2D eigenvalue weighted by Crippen LogP contribution is -2.15. The Labute approximate surface area is 121 Å². The molecule has 0 aliphatic carbocycles. The SMILES string of the molecule is Nc1n[nH]c(C2CCOCC2)c1-c1cccc(Cl)c1F. The summed E-state index contributed by atoms with van der Waals surface area (Å²) >= 11 is 5.85. The molecule has 3 rings (SSSR count). The number of H-pyrrole nitrogens is 1. The summed E-state index contributed by atoms with van der Waals surface area (Å²) in [4.78, 5) is 0. The second-order valence-electron chi connectivity index (χ2n) is 4.89. The molecule has 3 N–H and O–H groups in total. The smallest absolute Gasteiger partial charge is 0.153 e. The zero-order valence-electron chi connectivity index (χ0n) is 10.8. The molecule has 6 heteroatoms. The van der Waals surface area contributed by atoms with Crippen LogP contribution in [0.4, 0.5) is 10.2 Å². The Balaban J connectivity index is 2.09. The first-order valence-electron chi connectivity index (χ1n) is 6.54. The molecular formula is C14H15ClFN3O. The van der Waals surface area contributed by atoms with Gasteiger partial charge in [-0.15, -0.1) is 0 Å². The average Bonchev–Trinajstić information content (AvgIpc) is 2.85. The maximum atomic E-state index is 14.2. The molecule has 2 aromatic rings. The van der Waals surface area contributed by atoms with E-state index in [1.54, 1.807) is 12.1 Å². The highest BCUT2D eigenvalue weighted by molar-refractivity contribution is 6.31. The Morgan fingerprint density at radius 1 is 1.35 bits per heavy atom. The highest BCUT2D eigenvalue weighted by atomic mass is 35.5. The lowest BCUT2D eigenvalue weighted by molar-refractivity contribution is 0.0846. The second-order valence-corrected chi connectivity index (χ2v) is 5.29. The average molecular weight is 296 g/mol. The van der Waals surface area contributed by atoms with E-state index in [0.717, 1.165) is 18.5 Å². The van der Waals surface area contributed by atoms with Crippen molar-refractivity contribution in [3.8, 4) is 11.1 Å². The first-order valence-corrected chi connectivity index (χ1v) is 6.92. The number of nitrogens with two attached hydrogens (primary N) is 1. The number of rotatable bonds is 2. The number of nitrogen functional groups attached to an aromatic ring is 1. The number of anilines is 1. The summed E-state index contributed by atoms with van der Waals surface area (Å²) in [5.74, 6) is 0.0881. The first kappa shape index (κ1) is 13.4. The van der Waals surface area contributed by atoms with Crippen LogP contribution in [0.25, 0.3) is 11.1 Å². The molecule has 1 aliphatic heterocycles. The molecule has 0 amide bonds. The number of hydrogen-bond donors (Lipinski definition) is 2. The first-order chi connectivity index (χ1) is 9.68. The summed E-state index contributed by atoms with van der Waals surface area (Å²) in [6, 6.07) is 4.90. The molecule has 1 aromatic heterocycles. The molecule has 0 unspecified atom stereocenters. The molecule has 0 bridgehead atoms. The van der Waals surface area contributed by atoms with Gasteiger partial charge in [-0.25, -0.2) is 4.39 Å². The van der Waals surface area contributed by atoms with E-state index in [-0.39, 0.29) is 10.9 Å². The van der Waals surface area contributed by atoms with E-state index in [2.05, 4.69) is 10.2 Å². The van der Waals surface area contributed by atoms with Crippen molar-refractivity contribution >= 4 is 17.4 Å². The molecule has 20 heavy (non-hydrogen) atoms. The van der Waals surface area contributed by atoms with Crippen molar-refractivity contribution in [3.63, 3.8) is 0 Å². The van der Waals surface area contributed by atoms with Crippen molar-refractivity contribution in [1.29, 1.82) is 0 Å². The molecule has 1 aromatic carbocycles. The van der Waals surface area contributed by atoms with Crippen LogP contribution in [-0.2, 0) is 4.74 Å². The highest BCUT2D eigenvalue weighted by Crippen LogP contribution is 2.38. The number of ether oxygens (including phenoxy) is 1. The fourth-order valence-corrected chi connectivity index (χ4v) is 2.81. The van der Waals surface area contributed by atoms with Crippen LogP contribution < -0.4 is 5.73 Å². The Kier molecular flexibility index (Phi) is 3.63. The van der Waals surface area contributed by atoms with Crippen molar-refractivity contribution < 1.29 is 9.13 Å². The number of nitrogens with zero attached hydrogens (tertiary/aromatic N) is 1. The Bertz CT molecular complexity index is 623. The number of benzene rings is 1. The van der Waals surface area contributed by atoms with E-state index in [9.17, 15) is 4.39 Å². The maximum Gasteiger partial charge on any atom is 0.153 e. The van der Waals surface area contributed by atoms with E-state index in [1.165, 1.54) is 6.07 Å². The van der Waals surface area contributed by atoms with Gasteiger partial charge in [0.05, 0.1) is 5.02 Å². The number of aromatic amines is 1. The molecule has 1 aliphatic rings. The number of hydrogen-bond acceptors (Lipinski definition) is 3. The van der Waals surface area contributed by atoms with Gasteiger partial charge in [0, 0.05) is 36.0 Å². The molecule has 0 atom stereocenters. The predicted octanol–water partition coefficient (Wildman–Crippen LogP) is 3.35. The summed E-state index contributed by atoms with van der Waals surface area (Å²) < 4.78 is 19.6. The molecular weight excluding hydrogens is 281 g/mol. The van der Waals surface area contributed by atoms with Crippen LogP contribution >= 0.6 is 11.6 Å². The van der Waals surface area contributed by atoms with E-state index in [0.29, 0.717) is 30.2 Å². The van der Waals surface area contributed by atoms with Gasteiger partial charge in [0.15, 0.2) is 5.82 Å². The second kappa shape index (κ2) is 5.42. The lowest BCUT2D eigenvalue weighted by atomic mass is 9.91. The molecule has 0 spiro atoms. The third kappa shape index (κ3) is 2.27. The standard InChI is InChI=1S/C14H15ClFN3O/c15-10-3-1-2-9(12(10)16)11-13(18-19-14(11)17)8-4-6-20-7-5-8/h1-3,8H,4-7H2,(H3,17,18,19). The molecule has 2 heterocycles. The third-order valence-electron chi connectivity index (χ3n) is 3.67. The summed E-state index contributed by atoms with van der Waals surface area (Å²) in [6.07, 6.45) is 1.74. The van der Waals surface area contributed by atoms with Crippen LogP contribution in [0.15, 0.2) is 18.2 Å². The number of nitrogens with one attached hydrogen (secondary N) is 1. The quantitative estimate of drug-likeness (QED) is 0.893. The summed E-state index contributed by atoms with van der Waals surface area (Å²) in [5.41, 5.74) is 7.80. The number of halogens is 2. The highest BCUT2D eigenvalue weighted by Gasteiger charge is 2.25. The molecule has 1 fully saturated rings. The predicted molar refractivity (Wildman–Crippen MR) is 76.2 cm³/mol. The lowest BCUT2D eigenvalue weighted by Gasteiger charge is -2.22. The van der Waals surface area contributed by atoms with Crippen LogP contribution in [0, 0.1) is 5.82 Å². The molecule has 0 saturated carbocycles. The van der Waals surface area contributed by atoms with Crippen LogP contribution in [0.3, 0.4) is 0 Å². The Morgan fingerprint density at radius 3 is 2.85 bits per heavy atom. The van der Waals surface area contributed by atoms with E-state index in [1.807, 2.05) is 0 Å². The maximum absolute atomic E-state index is 14.2. The molecule has 1 saturated heterocycles. The van der Waals surface area contributed by atoms with E-state index >= 15 is 0 Å². The fraction of sp³-hybridized carbons (Fsp3) is 0.357. The van der Waals surface area contributed by atoms with Crippen LogP contribution in [0.1, 0.15) is 24.5 Å². The third-order valence-corrected chi connectivity index (χ3v) is 3.96. The fourth-order valence-electron chi connectivity index (χ4n) is 2.63. The van der Waals surface area contributed by atoms with Gasteiger partial charge in [0.25, 0.3) is 0 Å². The van der Waals surface area contributed by atoms with Gasteiger partial charge in [0.2, 0.25) is 0 Å². The largest absolute Gasteiger partial charge is 0.382 e. The van der Waals surface area contributed by atoms with Crippen molar-refractivity contribution in [2.24, 2.45) is 0 Å². The zero-order chi connectivity index (χ0) is 14.1. The summed E-state index contributed by atoms with van der Waals surface area (Å²) in [7, 11) is 0. The van der Waals surface area contributed by atoms with Crippen molar-refractivity contribution in [2.75, 3.05) is 18.9 Å². The van der Waals surface area contributed by atoms with Gasteiger partial charge < -0.3 is 10.5 Å². The summed E-state index contributed by atoms with van der Waals surface area (Å²) in [5, 5.41) is 7.07. The van der Waals surface area contributed by atoms with E-state index < -0.39 is 5.82 Å². The van der Waals surface area contributed by atoms with Crippen molar-refractivity contribution in [3.05, 3.63) is 34.7 Å². The minimum absolute atomic E-state index is 0.0843. The van der Waals surface area contributed by atoms with Gasteiger partial charge in [-0.3, -0.25) is 5.10 Å². The van der Waals surface area contributed by atoms with Crippen molar-refractivity contribution in [1.82, 2.24) is 10.2 Å². The van der Waals surface area contributed by atoms with E-state index in [4.69, 9.17) is 22.1 Å². The Morgan fingerprint density at radius 2 is 2.10 bits per heavy atom. The van der Waals surface area contributed by atoms with Gasteiger partial charge in [-0.2, -0.15) is 5.10 Å². The van der Waals surface area contributed by atoms with Crippen LogP contribution in [0.5, 0.6) is 0 Å². The zero-order valence-corrected chi connectivity index (χ0v) is 11.6. The monoisotopic (exact) mass is 295 g/mol. The van der Waals surface area contributed by atoms with Gasteiger partial charge in [-0.1, -0.05) is 23.7 Å². The van der Waals surface area contributed by atoms with Gasteiger partial charge in [-0.05, 0) is 18.9 Å². The van der Waals surface area contributed by atoms with Crippen molar-refractivity contribution in [2.45, 2.75) is 18.8 Å². The normalized spacial score (nSPS) is 16.5. The molecule has 4 nitrogen and oxygen atoms in total. The minimum atomic E-state index is -0.462.